The van der Waals surface area contributed by atoms with Gasteiger partial charge in [0.25, 0.3) is 0 Å². The van der Waals surface area contributed by atoms with Crippen LogP contribution in [0, 0.1) is 0 Å². The van der Waals surface area contributed by atoms with Crippen LogP contribution in [0.2, 0.25) is 0 Å². The highest BCUT2D eigenvalue weighted by Crippen LogP contribution is 2.36. The molecule has 0 bridgehead atoms. The van der Waals surface area contributed by atoms with Crippen LogP contribution in [0.3, 0.4) is 0 Å². The average molecular weight is 421 g/mol. The Kier molecular flexibility index (Phi) is 5.18. The van der Waals surface area contributed by atoms with Gasteiger partial charge in [0.05, 0.1) is 24.3 Å². The van der Waals surface area contributed by atoms with Crippen molar-refractivity contribution < 1.29 is 24.1 Å². The predicted octanol–water partition coefficient (Wildman–Crippen LogP) is 4.36. The van der Waals surface area contributed by atoms with Crippen LogP contribution in [0.5, 0.6) is 17.2 Å². The molecule has 2 aliphatic heterocycles. The van der Waals surface area contributed by atoms with E-state index < -0.39 is 5.60 Å². The van der Waals surface area contributed by atoms with Gasteiger partial charge in [-0.05, 0) is 70.7 Å². The SMILES string of the molecule is OC1(c2ccc(Oc3ccc(OC4CCCCO4)cc3)c(Br)c2)COC1. The smallest absolute Gasteiger partial charge is 0.199 e. The molecule has 0 aliphatic carbocycles. The van der Waals surface area contributed by atoms with Crippen LogP contribution in [0.1, 0.15) is 24.8 Å². The normalized spacial score (nSPS) is 21.7. The molecule has 0 spiro atoms. The first-order valence-corrected chi connectivity index (χ1v) is 9.58. The van der Waals surface area contributed by atoms with Crippen LogP contribution in [0.4, 0.5) is 0 Å². The van der Waals surface area contributed by atoms with Crippen molar-refractivity contribution in [3.8, 4) is 17.2 Å². The first kappa shape index (κ1) is 17.8. The second kappa shape index (κ2) is 7.56. The first-order chi connectivity index (χ1) is 12.6. The van der Waals surface area contributed by atoms with Crippen LogP contribution in [-0.4, -0.2) is 31.2 Å². The lowest BCUT2D eigenvalue weighted by atomic mass is 9.92. The third-order valence-corrected chi connectivity index (χ3v) is 5.23. The Labute approximate surface area is 161 Å². The number of halogens is 1. The highest BCUT2D eigenvalue weighted by atomic mass is 79.9. The van der Waals surface area contributed by atoms with Crippen molar-refractivity contribution in [3.63, 3.8) is 0 Å². The number of aliphatic hydroxyl groups is 1. The fourth-order valence-electron chi connectivity index (χ4n) is 3.00. The zero-order chi connectivity index (χ0) is 18.0. The summed E-state index contributed by atoms with van der Waals surface area (Å²) in [6, 6.07) is 13.1. The Morgan fingerprint density at radius 1 is 1.04 bits per heavy atom. The van der Waals surface area contributed by atoms with Gasteiger partial charge in [0, 0.05) is 6.42 Å². The van der Waals surface area contributed by atoms with Crippen LogP contribution >= 0.6 is 15.9 Å². The molecular weight excluding hydrogens is 400 g/mol. The molecule has 138 valence electrons. The molecule has 0 saturated carbocycles. The van der Waals surface area contributed by atoms with Crippen molar-refractivity contribution in [3.05, 3.63) is 52.5 Å². The lowest BCUT2D eigenvalue weighted by molar-refractivity contribution is -0.184. The minimum absolute atomic E-state index is 0.154. The third kappa shape index (κ3) is 3.88. The fourth-order valence-corrected chi connectivity index (χ4v) is 3.46. The van der Waals surface area contributed by atoms with Crippen molar-refractivity contribution in [2.45, 2.75) is 31.2 Å². The van der Waals surface area contributed by atoms with Gasteiger partial charge in [-0.1, -0.05) is 6.07 Å². The van der Waals surface area contributed by atoms with Gasteiger partial charge in [-0.2, -0.15) is 0 Å². The summed E-state index contributed by atoms with van der Waals surface area (Å²) in [7, 11) is 0. The molecule has 2 aromatic carbocycles. The summed E-state index contributed by atoms with van der Waals surface area (Å²) in [4.78, 5) is 0. The summed E-state index contributed by atoms with van der Waals surface area (Å²) in [5, 5.41) is 10.3. The van der Waals surface area contributed by atoms with E-state index in [-0.39, 0.29) is 6.29 Å². The minimum Gasteiger partial charge on any atom is -0.465 e. The molecule has 2 aromatic rings. The van der Waals surface area contributed by atoms with Crippen molar-refractivity contribution in [2.75, 3.05) is 19.8 Å². The standard InChI is InChI=1S/C20H21BrO5/c21-17-11-14(20(22)12-23-13-20)4-9-18(17)25-15-5-7-16(8-6-15)26-19-3-1-2-10-24-19/h4-9,11,19,22H,1-3,10,12-13H2. The number of rotatable bonds is 5. The molecule has 2 fully saturated rings. The Bertz CT molecular complexity index is 751. The Morgan fingerprint density at radius 3 is 2.42 bits per heavy atom. The van der Waals surface area contributed by atoms with E-state index in [0.29, 0.717) is 24.7 Å². The van der Waals surface area contributed by atoms with Gasteiger partial charge in [0.15, 0.2) is 6.29 Å². The molecule has 5 nitrogen and oxygen atoms in total. The Morgan fingerprint density at radius 2 is 1.81 bits per heavy atom. The summed E-state index contributed by atoms with van der Waals surface area (Å²) in [5.41, 5.74) is -0.0690. The van der Waals surface area contributed by atoms with Crippen LogP contribution < -0.4 is 9.47 Å². The van der Waals surface area contributed by atoms with E-state index in [4.69, 9.17) is 18.9 Å². The topological polar surface area (TPSA) is 57.2 Å². The Hall–Kier alpha value is -1.60. The summed E-state index contributed by atoms with van der Waals surface area (Å²) in [5.74, 6) is 2.16. The van der Waals surface area contributed by atoms with E-state index in [2.05, 4.69) is 15.9 Å². The van der Waals surface area contributed by atoms with Crippen LogP contribution in [0.25, 0.3) is 0 Å². The maximum atomic E-state index is 10.3. The maximum absolute atomic E-state index is 10.3. The number of hydrogen-bond donors (Lipinski definition) is 1. The molecule has 0 radical (unpaired) electrons. The molecule has 2 heterocycles. The maximum Gasteiger partial charge on any atom is 0.199 e. The highest BCUT2D eigenvalue weighted by Gasteiger charge is 2.38. The fraction of sp³-hybridized carbons (Fsp3) is 0.400. The molecule has 26 heavy (non-hydrogen) atoms. The van der Waals surface area contributed by atoms with Crippen molar-refractivity contribution in [2.24, 2.45) is 0 Å². The molecule has 0 aromatic heterocycles. The van der Waals surface area contributed by atoms with E-state index in [1.807, 2.05) is 42.5 Å². The van der Waals surface area contributed by atoms with Crippen molar-refractivity contribution >= 4 is 15.9 Å². The highest BCUT2D eigenvalue weighted by molar-refractivity contribution is 9.10. The molecule has 0 amide bonds. The molecular formula is C20H21BrO5. The van der Waals surface area contributed by atoms with E-state index in [9.17, 15) is 5.11 Å². The van der Waals surface area contributed by atoms with Gasteiger partial charge < -0.3 is 24.1 Å². The number of benzene rings is 2. The van der Waals surface area contributed by atoms with Gasteiger partial charge in [-0.25, -0.2) is 0 Å². The molecule has 2 saturated heterocycles. The average Bonchev–Trinajstić information content (AvgIpc) is 2.64. The third-order valence-electron chi connectivity index (χ3n) is 4.61. The van der Waals surface area contributed by atoms with Gasteiger partial charge in [-0.3, -0.25) is 0 Å². The zero-order valence-corrected chi connectivity index (χ0v) is 15.9. The number of hydrogen-bond acceptors (Lipinski definition) is 5. The number of ether oxygens (including phenoxy) is 4. The Balaban J connectivity index is 1.40. The van der Waals surface area contributed by atoms with Crippen molar-refractivity contribution in [1.29, 1.82) is 0 Å². The lowest BCUT2D eigenvalue weighted by Gasteiger charge is -2.36. The molecule has 4 rings (SSSR count). The van der Waals surface area contributed by atoms with Crippen LogP contribution in [0.15, 0.2) is 46.9 Å². The van der Waals surface area contributed by atoms with Crippen molar-refractivity contribution in [1.82, 2.24) is 0 Å². The molecule has 1 N–H and O–H groups in total. The molecule has 6 heteroatoms. The van der Waals surface area contributed by atoms with Crippen LogP contribution in [-0.2, 0) is 15.1 Å². The van der Waals surface area contributed by atoms with E-state index in [0.717, 1.165) is 41.7 Å². The minimum atomic E-state index is -0.888. The van der Waals surface area contributed by atoms with E-state index in [1.54, 1.807) is 0 Å². The molecule has 2 aliphatic rings. The summed E-state index contributed by atoms with van der Waals surface area (Å²) >= 11 is 3.51. The molecule has 1 atom stereocenters. The van der Waals surface area contributed by atoms with Gasteiger partial charge in [0.2, 0.25) is 0 Å². The van der Waals surface area contributed by atoms with E-state index >= 15 is 0 Å². The quantitative estimate of drug-likeness (QED) is 0.778. The second-order valence-electron chi connectivity index (χ2n) is 6.66. The van der Waals surface area contributed by atoms with Gasteiger partial charge in [0.1, 0.15) is 22.8 Å². The summed E-state index contributed by atoms with van der Waals surface area (Å²) in [6.45, 7) is 1.41. The van der Waals surface area contributed by atoms with E-state index in [1.165, 1.54) is 0 Å². The summed E-state index contributed by atoms with van der Waals surface area (Å²) < 4.78 is 23.2. The first-order valence-electron chi connectivity index (χ1n) is 8.79. The lowest BCUT2D eigenvalue weighted by Crippen LogP contribution is -2.46. The van der Waals surface area contributed by atoms with Gasteiger partial charge >= 0.3 is 0 Å². The zero-order valence-electron chi connectivity index (χ0n) is 14.3. The largest absolute Gasteiger partial charge is 0.465 e. The summed E-state index contributed by atoms with van der Waals surface area (Å²) in [6.07, 6.45) is 3.01. The monoisotopic (exact) mass is 420 g/mol. The van der Waals surface area contributed by atoms with Gasteiger partial charge in [-0.15, -0.1) is 0 Å². The second-order valence-corrected chi connectivity index (χ2v) is 7.51. The molecule has 1 unspecified atom stereocenters. The predicted molar refractivity (Wildman–Crippen MR) is 99.6 cm³/mol.